The summed E-state index contributed by atoms with van der Waals surface area (Å²) in [5.74, 6) is -0.250. The van der Waals surface area contributed by atoms with Crippen molar-refractivity contribution in [1.82, 2.24) is 0 Å². The topological polar surface area (TPSA) is 9.23 Å². The number of alkyl halides is 1. The Balaban J connectivity index is 2.49. The molecule has 0 radical (unpaired) electrons. The largest absolute Gasteiger partial charge is 0.489 e. The molecular formula is C10H11BrClFO. The van der Waals surface area contributed by atoms with E-state index in [1.54, 1.807) is 12.1 Å². The lowest BCUT2D eigenvalue weighted by atomic mass is 10.3. The van der Waals surface area contributed by atoms with Gasteiger partial charge in [-0.05, 0) is 25.0 Å². The van der Waals surface area contributed by atoms with Crippen molar-refractivity contribution in [1.29, 1.82) is 0 Å². The number of halogens is 3. The van der Waals surface area contributed by atoms with E-state index in [0.29, 0.717) is 11.6 Å². The van der Waals surface area contributed by atoms with Crippen LogP contribution >= 0.6 is 27.5 Å². The summed E-state index contributed by atoms with van der Waals surface area (Å²) in [6, 6.07) is 4.51. The van der Waals surface area contributed by atoms with Crippen LogP contribution < -0.4 is 4.74 Å². The highest BCUT2D eigenvalue weighted by Crippen LogP contribution is 2.27. The fraction of sp³-hybridized carbons (Fsp3) is 0.400. The van der Waals surface area contributed by atoms with Gasteiger partial charge < -0.3 is 4.74 Å². The van der Waals surface area contributed by atoms with Crippen molar-refractivity contribution in [3.05, 3.63) is 29.0 Å². The van der Waals surface area contributed by atoms with Crippen molar-refractivity contribution in [3.63, 3.8) is 0 Å². The molecule has 0 unspecified atom stereocenters. The molecule has 0 aliphatic carbocycles. The van der Waals surface area contributed by atoms with E-state index in [9.17, 15) is 4.39 Å². The molecule has 0 saturated carbocycles. The summed E-state index contributed by atoms with van der Waals surface area (Å²) in [5, 5.41) is 1.25. The van der Waals surface area contributed by atoms with E-state index in [1.165, 1.54) is 6.07 Å². The van der Waals surface area contributed by atoms with E-state index in [4.69, 9.17) is 16.3 Å². The first kappa shape index (κ1) is 11.8. The molecular weight excluding hydrogens is 270 g/mol. The number of benzene rings is 1. The predicted molar refractivity (Wildman–Crippen MR) is 59.9 cm³/mol. The lowest BCUT2D eigenvalue weighted by molar-refractivity contribution is 0.295. The molecule has 0 bridgehead atoms. The third-order valence-electron chi connectivity index (χ3n) is 1.69. The fourth-order valence-electron chi connectivity index (χ4n) is 0.991. The second kappa shape index (κ2) is 6.25. The summed E-state index contributed by atoms with van der Waals surface area (Å²) in [5.41, 5.74) is 0. The number of ether oxygens (including phenoxy) is 1. The molecule has 78 valence electrons. The van der Waals surface area contributed by atoms with Gasteiger partial charge in [0.05, 0.1) is 11.6 Å². The van der Waals surface area contributed by atoms with Crippen LogP contribution in [0.25, 0.3) is 0 Å². The smallest absolute Gasteiger partial charge is 0.173 e. The second-order valence-corrected chi connectivity index (χ2v) is 4.00. The van der Waals surface area contributed by atoms with E-state index < -0.39 is 5.82 Å². The Hall–Kier alpha value is -0.280. The van der Waals surface area contributed by atoms with Gasteiger partial charge in [0.2, 0.25) is 0 Å². The number of hydrogen-bond acceptors (Lipinski definition) is 1. The maximum Gasteiger partial charge on any atom is 0.173 e. The number of rotatable bonds is 5. The van der Waals surface area contributed by atoms with Crippen molar-refractivity contribution < 1.29 is 9.13 Å². The van der Waals surface area contributed by atoms with Crippen LogP contribution in [-0.2, 0) is 0 Å². The molecule has 0 aromatic heterocycles. The lowest BCUT2D eigenvalue weighted by Crippen LogP contribution is -1.99. The standard InChI is InChI=1S/C10H11BrClFO/c11-6-1-2-7-14-10-8(12)4-3-5-9(10)13/h3-5H,1-2,6-7H2. The van der Waals surface area contributed by atoms with Crippen LogP contribution in [0.3, 0.4) is 0 Å². The molecule has 1 aromatic rings. The van der Waals surface area contributed by atoms with Crippen LogP contribution in [0.15, 0.2) is 18.2 Å². The zero-order valence-corrected chi connectivity index (χ0v) is 9.94. The molecule has 1 nitrogen and oxygen atoms in total. The fourth-order valence-corrected chi connectivity index (χ4v) is 1.61. The first-order valence-electron chi connectivity index (χ1n) is 4.38. The Morgan fingerprint density at radius 2 is 2.14 bits per heavy atom. The maximum atomic E-state index is 13.1. The molecule has 14 heavy (non-hydrogen) atoms. The highest BCUT2D eigenvalue weighted by atomic mass is 79.9. The summed E-state index contributed by atoms with van der Waals surface area (Å²) in [6.07, 6.45) is 1.89. The van der Waals surface area contributed by atoms with Gasteiger partial charge in [0.15, 0.2) is 11.6 Å². The Kier molecular flexibility index (Phi) is 5.26. The van der Waals surface area contributed by atoms with E-state index in [-0.39, 0.29) is 5.75 Å². The summed E-state index contributed by atoms with van der Waals surface area (Å²) < 4.78 is 18.4. The molecule has 0 fully saturated rings. The van der Waals surface area contributed by atoms with E-state index in [1.807, 2.05) is 0 Å². The third kappa shape index (κ3) is 3.46. The van der Waals surface area contributed by atoms with Crippen molar-refractivity contribution >= 4 is 27.5 Å². The molecule has 0 atom stereocenters. The summed E-state index contributed by atoms with van der Waals surface area (Å²) >= 11 is 9.08. The van der Waals surface area contributed by atoms with Crippen molar-refractivity contribution in [3.8, 4) is 5.75 Å². The van der Waals surface area contributed by atoms with Crippen molar-refractivity contribution in [2.24, 2.45) is 0 Å². The molecule has 0 heterocycles. The Morgan fingerprint density at radius 1 is 1.36 bits per heavy atom. The first-order chi connectivity index (χ1) is 6.75. The van der Waals surface area contributed by atoms with Gasteiger partial charge in [-0.25, -0.2) is 4.39 Å². The number of unbranched alkanes of at least 4 members (excludes halogenated alkanes) is 1. The summed E-state index contributed by atoms with van der Waals surface area (Å²) in [7, 11) is 0. The minimum Gasteiger partial charge on any atom is -0.489 e. The van der Waals surface area contributed by atoms with Crippen LogP contribution in [0.2, 0.25) is 5.02 Å². The van der Waals surface area contributed by atoms with Gasteiger partial charge in [-0.2, -0.15) is 0 Å². The zero-order chi connectivity index (χ0) is 10.4. The van der Waals surface area contributed by atoms with E-state index in [2.05, 4.69) is 15.9 Å². The predicted octanol–water partition coefficient (Wildman–Crippen LogP) is 4.03. The molecule has 1 aromatic carbocycles. The zero-order valence-electron chi connectivity index (χ0n) is 7.60. The van der Waals surface area contributed by atoms with Gasteiger partial charge in [-0.3, -0.25) is 0 Å². The Labute approximate surface area is 96.3 Å². The minimum absolute atomic E-state index is 0.156. The Bertz CT molecular complexity index is 273. The van der Waals surface area contributed by atoms with Gasteiger partial charge in [-0.15, -0.1) is 0 Å². The minimum atomic E-state index is -0.406. The first-order valence-corrected chi connectivity index (χ1v) is 5.88. The average molecular weight is 282 g/mol. The average Bonchev–Trinajstić information content (AvgIpc) is 2.16. The van der Waals surface area contributed by atoms with Gasteiger partial charge in [-0.1, -0.05) is 33.6 Å². The van der Waals surface area contributed by atoms with Crippen molar-refractivity contribution in [2.45, 2.75) is 12.8 Å². The number of para-hydroxylation sites is 1. The molecule has 0 spiro atoms. The molecule has 0 saturated heterocycles. The van der Waals surface area contributed by atoms with Gasteiger partial charge in [0, 0.05) is 5.33 Å². The lowest BCUT2D eigenvalue weighted by Gasteiger charge is -2.07. The van der Waals surface area contributed by atoms with Gasteiger partial charge in [0.1, 0.15) is 0 Å². The van der Waals surface area contributed by atoms with Crippen LogP contribution in [0.4, 0.5) is 4.39 Å². The molecule has 0 aliphatic rings. The number of hydrogen-bond donors (Lipinski definition) is 0. The van der Waals surface area contributed by atoms with E-state index >= 15 is 0 Å². The second-order valence-electron chi connectivity index (χ2n) is 2.80. The quantitative estimate of drug-likeness (QED) is 0.585. The summed E-state index contributed by atoms with van der Waals surface area (Å²) in [6.45, 7) is 0.492. The van der Waals surface area contributed by atoms with Crippen LogP contribution in [0.5, 0.6) is 5.75 Å². The third-order valence-corrected chi connectivity index (χ3v) is 2.55. The maximum absolute atomic E-state index is 13.1. The van der Waals surface area contributed by atoms with E-state index in [0.717, 1.165) is 18.2 Å². The highest BCUT2D eigenvalue weighted by Gasteiger charge is 2.06. The van der Waals surface area contributed by atoms with Crippen molar-refractivity contribution in [2.75, 3.05) is 11.9 Å². The van der Waals surface area contributed by atoms with Gasteiger partial charge in [0.25, 0.3) is 0 Å². The van der Waals surface area contributed by atoms with Crippen LogP contribution in [0.1, 0.15) is 12.8 Å². The normalized spacial score (nSPS) is 10.2. The monoisotopic (exact) mass is 280 g/mol. The molecule has 0 aliphatic heterocycles. The Morgan fingerprint density at radius 3 is 2.79 bits per heavy atom. The van der Waals surface area contributed by atoms with Crippen LogP contribution in [-0.4, -0.2) is 11.9 Å². The molecule has 4 heteroatoms. The molecule has 0 N–H and O–H groups in total. The highest BCUT2D eigenvalue weighted by molar-refractivity contribution is 9.09. The SMILES string of the molecule is Fc1cccc(Cl)c1OCCCCBr. The molecule has 0 amide bonds. The summed E-state index contributed by atoms with van der Waals surface area (Å²) in [4.78, 5) is 0. The molecule has 1 rings (SSSR count). The van der Waals surface area contributed by atoms with Gasteiger partial charge >= 0.3 is 0 Å². The van der Waals surface area contributed by atoms with Crippen LogP contribution in [0, 0.1) is 5.82 Å².